The first-order valence-corrected chi connectivity index (χ1v) is 10.5. The summed E-state index contributed by atoms with van der Waals surface area (Å²) in [4.78, 5) is 27.3. The lowest BCUT2D eigenvalue weighted by atomic mass is 9.81. The Morgan fingerprint density at radius 1 is 0.964 bits per heavy atom. The van der Waals surface area contributed by atoms with Gasteiger partial charge in [0.2, 0.25) is 5.91 Å². The van der Waals surface area contributed by atoms with Gasteiger partial charge in [0, 0.05) is 24.7 Å². The van der Waals surface area contributed by atoms with Gasteiger partial charge in [0.15, 0.2) is 0 Å². The van der Waals surface area contributed by atoms with E-state index in [4.69, 9.17) is 5.73 Å². The summed E-state index contributed by atoms with van der Waals surface area (Å²) in [6, 6.07) is 13.5. The van der Waals surface area contributed by atoms with Gasteiger partial charge in [-0.3, -0.25) is 9.59 Å². The third-order valence-corrected chi connectivity index (χ3v) is 6.35. The highest BCUT2D eigenvalue weighted by Crippen LogP contribution is 2.28. The maximum atomic E-state index is 12.8. The summed E-state index contributed by atoms with van der Waals surface area (Å²) in [6.07, 6.45) is 5.71. The van der Waals surface area contributed by atoms with Crippen LogP contribution in [0.2, 0.25) is 0 Å². The molecule has 2 aliphatic rings. The van der Waals surface area contributed by atoms with Crippen molar-refractivity contribution in [1.82, 2.24) is 10.2 Å². The number of carbonyl (C=O) groups excluding carboxylic acids is 2. The third kappa shape index (κ3) is 3.90. The molecule has 3 N–H and O–H groups in total. The summed E-state index contributed by atoms with van der Waals surface area (Å²) in [5, 5.41) is 5.25. The van der Waals surface area contributed by atoms with Crippen LogP contribution in [0.5, 0.6) is 0 Å². The Bertz CT molecular complexity index is 847. The number of likely N-dealkylation sites (tertiary alicyclic amines) is 1. The largest absolute Gasteiger partial charge is 0.349 e. The van der Waals surface area contributed by atoms with Gasteiger partial charge in [-0.05, 0) is 61.3 Å². The molecule has 0 radical (unpaired) electrons. The van der Waals surface area contributed by atoms with Crippen molar-refractivity contribution in [2.24, 2.45) is 11.7 Å². The Labute approximate surface area is 166 Å². The zero-order valence-corrected chi connectivity index (χ0v) is 16.3. The molecule has 0 aromatic heterocycles. The Morgan fingerprint density at radius 3 is 2.39 bits per heavy atom. The van der Waals surface area contributed by atoms with E-state index in [-0.39, 0.29) is 23.8 Å². The number of benzene rings is 2. The predicted molar refractivity (Wildman–Crippen MR) is 111 cm³/mol. The molecule has 4 rings (SSSR count). The summed E-state index contributed by atoms with van der Waals surface area (Å²) < 4.78 is 0. The molecule has 2 amide bonds. The summed E-state index contributed by atoms with van der Waals surface area (Å²) >= 11 is 0. The summed E-state index contributed by atoms with van der Waals surface area (Å²) in [7, 11) is 0. The number of nitrogens with zero attached hydrogens (tertiary/aromatic N) is 1. The molecule has 0 spiro atoms. The van der Waals surface area contributed by atoms with Crippen molar-refractivity contribution >= 4 is 22.6 Å². The zero-order chi connectivity index (χ0) is 19.5. The number of fused-ring (bicyclic) bond motifs is 1. The Morgan fingerprint density at radius 2 is 1.64 bits per heavy atom. The number of amides is 2. The average Bonchev–Trinajstić information content (AvgIpc) is 3.27. The van der Waals surface area contributed by atoms with E-state index in [2.05, 4.69) is 5.32 Å². The molecule has 1 atom stereocenters. The summed E-state index contributed by atoms with van der Waals surface area (Å²) in [6.45, 7) is 1.70. The maximum absolute atomic E-state index is 12.8. The molecule has 5 nitrogen and oxygen atoms in total. The van der Waals surface area contributed by atoms with Gasteiger partial charge in [-0.25, -0.2) is 0 Å². The molecule has 28 heavy (non-hydrogen) atoms. The third-order valence-electron chi connectivity index (χ3n) is 6.35. The number of nitrogens with two attached hydrogens (primary N) is 1. The standard InChI is InChI=1S/C23H29N3O2/c24-21(23(28)26-14-3-4-15-26)17-10-12-18(13-11-17)25-22(27)20-9-5-7-16-6-1-2-8-19(16)20/h1-2,5-9,17-18,21H,3-4,10-15,24H2,(H,25,27)/t17?,18?,21-/m0/s1. The van der Waals surface area contributed by atoms with Gasteiger partial charge < -0.3 is 16.0 Å². The van der Waals surface area contributed by atoms with Crippen LogP contribution < -0.4 is 11.1 Å². The zero-order valence-electron chi connectivity index (χ0n) is 16.3. The molecule has 2 aromatic rings. The van der Waals surface area contributed by atoms with Crippen LogP contribution in [0.3, 0.4) is 0 Å². The van der Waals surface area contributed by atoms with Gasteiger partial charge in [0.25, 0.3) is 5.91 Å². The lowest BCUT2D eigenvalue weighted by Crippen LogP contribution is -2.49. The van der Waals surface area contributed by atoms with Crippen molar-refractivity contribution in [3.63, 3.8) is 0 Å². The minimum atomic E-state index is -0.396. The van der Waals surface area contributed by atoms with Gasteiger partial charge in [0.05, 0.1) is 6.04 Å². The first-order valence-electron chi connectivity index (χ1n) is 10.5. The topological polar surface area (TPSA) is 75.4 Å². The van der Waals surface area contributed by atoms with Gasteiger partial charge >= 0.3 is 0 Å². The molecule has 2 fully saturated rings. The molecule has 1 aliphatic heterocycles. The molecule has 2 aromatic carbocycles. The molecule has 1 saturated carbocycles. The highest BCUT2D eigenvalue weighted by Gasteiger charge is 2.33. The van der Waals surface area contributed by atoms with E-state index in [1.165, 1.54) is 0 Å². The predicted octanol–water partition coefficient (Wildman–Crippen LogP) is 3.08. The van der Waals surface area contributed by atoms with Crippen molar-refractivity contribution in [3.05, 3.63) is 48.0 Å². The van der Waals surface area contributed by atoms with Crippen molar-refractivity contribution in [2.45, 2.75) is 50.6 Å². The molecule has 0 bridgehead atoms. The lowest BCUT2D eigenvalue weighted by molar-refractivity contribution is -0.133. The first-order chi connectivity index (χ1) is 13.6. The van der Waals surface area contributed by atoms with Gasteiger partial charge in [0.1, 0.15) is 0 Å². The Balaban J connectivity index is 1.34. The molecule has 1 heterocycles. The molecule has 0 unspecified atom stereocenters. The van der Waals surface area contributed by atoms with E-state index in [1.54, 1.807) is 0 Å². The van der Waals surface area contributed by atoms with Crippen LogP contribution in [-0.2, 0) is 4.79 Å². The van der Waals surface area contributed by atoms with Crippen molar-refractivity contribution in [2.75, 3.05) is 13.1 Å². The highest BCUT2D eigenvalue weighted by molar-refractivity contribution is 6.07. The molecule has 5 heteroatoms. The van der Waals surface area contributed by atoms with E-state index in [0.717, 1.165) is 68.0 Å². The van der Waals surface area contributed by atoms with Crippen LogP contribution in [-0.4, -0.2) is 41.9 Å². The number of nitrogens with one attached hydrogen (secondary N) is 1. The van der Waals surface area contributed by atoms with Crippen molar-refractivity contribution < 1.29 is 9.59 Å². The average molecular weight is 380 g/mol. The van der Waals surface area contributed by atoms with Crippen LogP contribution >= 0.6 is 0 Å². The van der Waals surface area contributed by atoms with E-state index >= 15 is 0 Å². The number of hydrogen-bond acceptors (Lipinski definition) is 3. The van der Waals surface area contributed by atoms with Gasteiger partial charge in [-0.1, -0.05) is 36.4 Å². The van der Waals surface area contributed by atoms with E-state index in [9.17, 15) is 9.59 Å². The lowest BCUT2D eigenvalue weighted by Gasteiger charge is -2.33. The van der Waals surface area contributed by atoms with Crippen LogP contribution in [0.1, 0.15) is 48.9 Å². The monoisotopic (exact) mass is 379 g/mol. The SMILES string of the molecule is N[C@H](C(=O)N1CCCC1)C1CCC(NC(=O)c2cccc3ccccc23)CC1. The summed E-state index contributed by atoms with van der Waals surface area (Å²) in [5.74, 6) is 0.317. The minimum absolute atomic E-state index is 0.0160. The van der Waals surface area contributed by atoms with Crippen molar-refractivity contribution in [1.29, 1.82) is 0 Å². The Hall–Kier alpha value is -2.40. The second-order valence-electron chi connectivity index (χ2n) is 8.17. The van der Waals surface area contributed by atoms with E-state index in [0.29, 0.717) is 0 Å². The highest BCUT2D eigenvalue weighted by atomic mass is 16.2. The van der Waals surface area contributed by atoms with Gasteiger partial charge in [-0.15, -0.1) is 0 Å². The van der Waals surface area contributed by atoms with Crippen LogP contribution in [0.25, 0.3) is 10.8 Å². The second kappa shape index (κ2) is 8.31. The first kappa shape index (κ1) is 18.9. The Kier molecular flexibility index (Phi) is 5.62. The quantitative estimate of drug-likeness (QED) is 0.857. The van der Waals surface area contributed by atoms with Gasteiger partial charge in [-0.2, -0.15) is 0 Å². The fraction of sp³-hybridized carbons (Fsp3) is 0.478. The fourth-order valence-corrected chi connectivity index (χ4v) is 4.66. The second-order valence-corrected chi connectivity index (χ2v) is 8.17. The molecule has 148 valence electrons. The smallest absolute Gasteiger partial charge is 0.252 e. The maximum Gasteiger partial charge on any atom is 0.252 e. The van der Waals surface area contributed by atoms with Crippen LogP contribution in [0.4, 0.5) is 0 Å². The molecule has 1 saturated heterocycles. The van der Waals surface area contributed by atoms with E-state index in [1.807, 2.05) is 47.4 Å². The van der Waals surface area contributed by atoms with E-state index < -0.39 is 6.04 Å². The van der Waals surface area contributed by atoms with Crippen molar-refractivity contribution in [3.8, 4) is 0 Å². The summed E-state index contributed by atoms with van der Waals surface area (Å²) in [5.41, 5.74) is 7.02. The normalized spacial score (nSPS) is 23.5. The fourth-order valence-electron chi connectivity index (χ4n) is 4.66. The molecule has 1 aliphatic carbocycles. The van der Waals surface area contributed by atoms with Crippen LogP contribution in [0, 0.1) is 5.92 Å². The molecular formula is C23H29N3O2. The number of hydrogen-bond donors (Lipinski definition) is 2. The molecular weight excluding hydrogens is 350 g/mol. The number of carbonyl (C=O) groups is 2. The minimum Gasteiger partial charge on any atom is -0.349 e. The number of rotatable bonds is 4. The van der Waals surface area contributed by atoms with Crippen LogP contribution in [0.15, 0.2) is 42.5 Å².